The summed E-state index contributed by atoms with van der Waals surface area (Å²) in [6.07, 6.45) is 6.36. The molecule has 0 aliphatic heterocycles. The van der Waals surface area contributed by atoms with Gasteiger partial charge >= 0.3 is 0 Å². The van der Waals surface area contributed by atoms with Crippen LogP contribution in [0.5, 0.6) is 5.75 Å². The van der Waals surface area contributed by atoms with Gasteiger partial charge in [0.05, 0.1) is 6.61 Å². The van der Waals surface area contributed by atoms with Crippen LogP contribution in [-0.2, 0) is 6.42 Å². The molecule has 0 atom stereocenters. The Balaban J connectivity index is 2.27. The molecule has 0 aromatic heterocycles. The minimum Gasteiger partial charge on any atom is -0.491 e. The topological polar surface area (TPSA) is 29.5 Å². The highest BCUT2D eigenvalue weighted by Gasteiger charge is 1.95. The number of aliphatic hydroxyl groups is 1. The zero-order chi connectivity index (χ0) is 11.6. The Labute approximate surface area is 98.3 Å². The third-order valence-corrected chi connectivity index (χ3v) is 2.60. The van der Waals surface area contributed by atoms with E-state index in [-0.39, 0.29) is 6.61 Å². The van der Waals surface area contributed by atoms with Crippen molar-refractivity contribution in [1.29, 1.82) is 0 Å². The van der Waals surface area contributed by atoms with E-state index in [0.29, 0.717) is 6.61 Å². The normalized spacial score (nSPS) is 10.4. The van der Waals surface area contributed by atoms with E-state index in [1.165, 1.54) is 31.2 Å². The quantitative estimate of drug-likeness (QED) is 0.684. The highest BCUT2D eigenvalue weighted by molar-refractivity contribution is 5.27. The smallest absolute Gasteiger partial charge is 0.119 e. The van der Waals surface area contributed by atoms with Crippen molar-refractivity contribution in [2.45, 2.75) is 39.0 Å². The summed E-state index contributed by atoms with van der Waals surface area (Å²) in [5, 5.41) is 8.62. The van der Waals surface area contributed by atoms with E-state index in [1.807, 2.05) is 12.1 Å². The first-order valence-corrected chi connectivity index (χ1v) is 6.19. The molecule has 90 valence electrons. The van der Waals surface area contributed by atoms with E-state index in [9.17, 15) is 0 Å². The highest BCUT2D eigenvalue weighted by Crippen LogP contribution is 2.14. The van der Waals surface area contributed by atoms with Gasteiger partial charge in [0.2, 0.25) is 0 Å². The molecule has 0 fully saturated rings. The highest BCUT2D eigenvalue weighted by atomic mass is 16.5. The minimum absolute atomic E-state index is 0.0682. The number of unbranched alkanes of at least 4 members (excludes halogenated alkanes) is 3. The number of hydrogen-bond donors (Lipinski definition) is 1. The van der Waals surface area contributed by atoms with Crippen molar-refractivity contribution in [3.8, 4) is 5.75 Å². The fourth-order valence-electron chi connectivity index (χ4n) is 1.67. The van der Waals surface area contributed by atoms with Gasteiger partial charge in [-0.15, -0.1) is 0 Å². The van der Waals surface area contributed by atoms with Crippen molar-refractivity contribution in [3.63, 3.8) is 0 Å². The first-order valence-electron chi connectivity index (χ1n) is 6.19. The maximum Gasteiger partial charge on any atom is 0.119 e. The average Bonchev–Trinajstić information content (AvgIpc) is 2.33. The monoisotopic (exact) mass is 222 g/mol. The molecule has 2 nitrogen and oxygen atoms in total. The lowest BCUT2D eigenvalue weighted by atomic mass is 10.1. The number of aliphatic hydroxyl groups excluding tert-OH is 1. The van der Waals surface area contributed by atoms with Gasteiger partial charge in [-0.2, -0.15) is 0 Å². The van der Waals surface area contributed by atoms with Gasteiger partial charge in [-0.3, -0.25) is 0 Å². The lowest BCUT2D eigenvalue weighted by molar-refractivity contribution is 0.201. The van der Waals surface area contributed by atoms with E-state index in [2.05, 4.69) is 19.1 Å². The van der Waals surface area contributed by atoms with Gasteiger partial charge in [-0.25, -0.2) is 0 Å². The first kappa shape index (κ1) is 13.0. The number of aryl methyl sites for hydroxylation is 1. The minimum atomic E-state index is 0.0682. The van der Waals surface area contributed by atoms with Gasteiger partial charge in [0.15, 0.2) is 0 Å². The lowest BCUT2D eigenvalue weighted by Crippen LogP contribution is -2.01. The molecule has 0 saturated heterocycles. The Hall–Kier alpha value is -1.02. The number of hydrogen-bond acceptors (Lipinski definition) is 2. The summed E-state index contributed by atoms with van der Waals surface area (Å²) in [5.41, 5.74) is 1.37. The molecule has 1 N–H and O–H groups in total. The molecule has 0 heterocycles. The van der Waals surface area contributed by atoms with Gasteiger partial charge in [-0.1, -0.05) is 38.3 Å². The summed E-state index contributed by atoms with van der Waals surface area (Å²) in [5.74, 6) is 0.839. The molecule has 2 heteroatoms. The largest absolute Gasteiger partial charge is 0.491 e. The van der Waals surface area contributed by atoms with Crippen LogP contribution in [0.15, 0.2) is 24.3 Å². The molecule has 1 aromatic rings. The molecular weight excluding hydrogens is 200 g/mol. The van der Waals surface area contributed by atoms with Crippen LogP contribution < -0.4 is 4.74 Å². The second-order valence-electron chi connectivity index (χ2n) is 4.03. The Bertz CT molecular complexity index is 267. The zero-order valence-electron chi connectivity index (χ0n) is 10.1. The van der Waals surface area contributed by atoms with Crippen molar-refractivity contribution in [1.82, 2.24) is 0 Å². The van der Waals surface area contributed by atoms with Crippen LogP contribution in [0.3, 0.4) is 0 Å². The van der Waals surface area contributed by atoms with Crippen molar-refractivity contribution in [3.05, 3.63) is 29.8 Å². The van der Waals surface area contributed by atoms with Crippen LogP contribution in [0.1, 0.15) is 38.2 Å². The summed E-state index contributed by atoms with van der Waals surface area (Å²) in [6, 6.07) is 8.17. The Morgan fingerprint density at radius 2 is 1.81 bits per heavy atom. The van der Waals surface area contributed by atoms with Gasteiger partial charge in [-0.05, 0) is 30.5 Å². The third kappa shape index (κ3) is 5.17. The second kappa shape index (κ2) is 8.17. The van der Waals surface area contributed by atoms with Crippen LogP contribution in [0.4, 0.5) is 0 Å². The summed E-state index contributed by atoms with van der Waals surface area (Å²) >= 11 is 0. The van der Waals surface area contributed by atoms with Crippen molar-refractivity contribution in [2.75, 3.05) is 13.2 Å². The Kier molecular flexibility index (Phi) is 6.66. The fourth-order valence-corrected chi connectivity index (χ4v) is 1.67. The maximum absolute atomic E-state index is 8.62. The predicted octanol–water partition coefficient (Wildman–Crippen LogP) is 3.18. The average molecular weight is 222 g/mol. The third-order valence-electron chi connectivity index (χ3n) is 2.60. The van der Waals surface area contributed by atoms with Crippen molar-refractivity contribution < 1.29 is 9.84 Å². The SMILES string of the molecule is CCCCCCc1ccc(OCCO)cc1. The Morgan fingerprint density at radius 3 is 2.44 bits per heavy atom. The second-order valence-corrected chi connectivity index (χ2v) is 4.03. The molecule has 1 aromatic carbocycles. The van der Waals surface area contributed by atoms with E-state index in [4.69, 9.17) is 9.84 Å². The van der Waals surface area contributed by atoms with Crippen LogP contribution in [0.2, 0.25) is 0 Å². The predicted molar refractivity (Wildman–Crippen MR) is 66.9 cm³/mol. The molecule has 0 unspecified atom stereocenters. The van der Waals surface area contributed by atoms with Gasteiger partial charge in [0, 0.05) is 0 Å². The number of ether oxygens (including phenoxy) is 1. The van der Waals surface area contributed by atoms with E-state index >= 15 is 0 Å². The molecule has 0 aliphatic rings. The van der Waals surface area contributed by atoms with Crippen LogP contribution in [0, 0.1) is 0 Å². The number of rotatable bonds is 8. The molecule has 0 aliphatic carbocycles. The molecule has 0 radical (unpaired) electrons. The summed E-state index contributed by atoms with van der Waals surface area (Å²) in [4.78, 5) is 0. The first-order chi connectivity index (χ1) is 7.86. The van der Waals surface area contributed by atoms with Crippen LogP contribution in [-0.4, -0.2) is 18.3 Å². The summed E-state index contributed by atoms with van der Waals surface area (Å²) in [7, 11) is 0. The molecule has 1 rings (SSSR count). The molecule has 0 spiro atoms. The van der Waals surface area contributed by atoms with Gasteiger partial charge in [0.1, 0.15) is 12.4 Å². The van der Waals surface area contributed by atoms with E-state index in [0.717, 1.165) is 12.2 Å². The van der Waals surface area contributed by atoms with Crippen molar-refractivity contribution in [2.24, 2.45) is 0 Å². The van der Waals surface area contributed by atoms with Crippen molar-refractivity contribution >= 4 is 0 Å². The molecule has 0 saturated carbocycles. The zero-order valence-corrected chi connectivity index (χ0v) is 10.1. The summed E-state index contributed by atoms with van der Waals surface area (Å²) in [6.45, 7) is 2.67. The van der Waals surface area contributed by atoms with Crippen LogP contribution >= 0.6 is 0 Å². The lowest BCUT2D eigenvalue weighted by Gasteiger charge is -2.05. The van der Waals surface area contributed by atoms with Crippen LogP contribution in [0.25, 0.3) is 0 Å². The van der Waals surface area contributed by atoms with Gasteiger partial charge < -0.3 is 9.84 Å². The fraction of sp³-hybridized carbons (Fsp3) is 0.571. The van der Waals surface area contributed by atoms with E-state index < -0.39 is 0 Å². The van der Waals surface area contributed by atoms with Gasteiger partial charge in [0.25, 0.3) is 0 Å². The molecule has 0 amide bonds. The standard InChI is InChI=1S/C14H22O2/c1-2-3-4-5-6-13-7-9-14(10-8-13)16-12-11-15/h7-10,15H,2-6,11-12H2,1H3. The van der Waals surface area contributed by atoms with E-state index in [1.54, 1.807) is 0 Å². The molecular formula is C14H22O2. The summed E-state index contributed by atoms with van der Waals surface area (Å²) < 4.78 is 5.30. The molecule has 0 bridgehead atoms. The maximum atomic E-state index is 8.62. The Morgan fingerprint density at radius 1 is 1.06 bits per heavy atom. The number of benzene rings is 1. The molecule has 16 heavy (non-hydrogen) atoms.